The van der Waals surface area contributed by atoms with E-state index in [4.69, 9.17) is 4.74 Å². The third kappa shape index (κ3) is 3.42. The summed E-state index contributed by atoms with van der Waals surface area (Å²) in [6.07, 6.45) is 6.81. The molecule has 0 saturated heterocycles. The summed E-state index contributed by atoms with van der Waals surface area (Å²) in [6, 6.07) is 7.73. The Kier molecular flexibility index (Phi) is 4.38. The van der Waals surface area contributed by atoms with Gasteiger partial charge in [0, 0.05) is 6.54 Å². The number of hydrogen-bond acceptors (Lipinski definition) is 5. The van der Waals surface area contributed by atoms with Gasteiger partial charge in [0.1, 0.15) is 5.52 Å². The van der Waals surface area contributed by atoms with E-state index in [1.165, 1.54) is 32.1 Å². The Bertz CT molecular complexity index is 554. The second-order valence-corrected chi connectivity index (χ2v) is 5.18. The molecular weight excluding hydrogens is 252 g/mol. The van der Waals surface area contributed by atoms with Gasteiger partial charge >= 0.3 is 0 Å². The average molecular weight is 272 g/mol. The normalized spacial score (nSPS) is 16.4. The molecule has 0 amide bonds. The molecule has 0 radical (unpaired) electrons. The van der Waals surface area contributed by atoms with E-state index in [0.717, 1.165) is 17.6 Å². The first-order valence-corrected chi connectivity index (χ1v) is 7.37. The molecule has 1 aliphatic carbocycles. The summed E-state index contributed by atoms with van der Waals surface area (Å²) < 4.78 is 5.85. The summed E-state index contributed by atoms with van der Waals surface area (Å²) in [5.41, 5.74) is 1.68. The predicted molar refractivity (Wildman–Crippen MR) is 78.6 cm³/mol. The smallest absolute Gasteiger partial charge is 0.243 e. The van der Waals surface area contributed by atoms with Crippen LogP contribution in [0.3, 0.4) is 0 Å². The number of nitrogens with one attached hydrogen (secondary N) is 1. The monoisotopic (exact) mass is 272 g/mol. The van der Waals surface area contributed by atoms with Crippen molar-refractivity contribution in [3.8, 4) is 0 Å². The van der Waals surface area contributed by atoms with Crippen molar-refractivity contribution < 1.29 is 4.74 Å². The molecule has 1 fully saturated rings. The van der Waals surface area contributed by atoms with E-state index in [1.807, 2.05) is 24.3 Å². The lowest BCUT2D eigenvalue weighted by atomic mass is 9.98. The second-order valence-electron chi connectivity index (χ2n) is 5.18. The van der Waals surface area contributed by atoms with Crippen molar-refractivity contribution >= 4 is 17.0 Å². The predicted octanol–water partition coefficient (Wildman–Crippen LogP) is 2.79. The third-order valence-electron chi connectivity index (χ3n) is 3.65. The highest BCUT2D eigenvalue weighted by Gasteiger charge is 2.13. The van der Waals surface area contributed by atoms with Crippen LogP contribution in [0.1, 0.15) is 32.1 Å². The van der Waals surface area contributed by atoms with Crippen molar-refractivity contribution in [3.05, 3.63) is 24.3 Å². The Morgan fingerprint density at radius 3 is 2.70 bits per heavy atom. The lowest BCUT2D eigenvalue weighted by molar-refractivity contribution is 0.0347. The summed E-state index contributed by atoms with van der Waals surface area (Å²) in [7, 11) is 0. The highest BCUT2D eigenvalue weighted by molar-refractivity contribution is 5.73. The van der Waals surface area contributed by atoms with Gasteiger partial charge in [0.25, 0.3) is 0 Å². The maximum absolute atomic E-state index is 5.85. The highest BCUT2D eigenvalue weighted by Crippen LogP contribution is 2.19. The lowest BCUT2D eigenvalue weighted by Crippen LogP contribution is -2.21. The molecule has 3 rings (SSSR count). The van der Waals surface area contributed by atoms with Crippen LogP contribution in [0.2, 0.25) is 0 Å². The Hall–Kier alpha value is -1.75. The number of para-hydroxylation sites is 1. The Morgan fingerprint density at radius 1 is 1.05 bits per heavy atom. The Morgan fingerprint density at radius 2 is 1.85 bits per heavy atom. The molecule has 1 heterocycles. The standard InChI is InChI=1S/C15H20N4O/c1-2-6-12(7-3-1)20-11-10-16-15-17-13-8-4-5-9-14(13)18-19-15/h4-5,8-9,12H,1-3,6-7,10-11H2,(H,16,17,19). The maximum atomic E-state index is 5.85. The van der Waals surface area contributed by atoms with Gasteiger partial charge in [-0.05, 0) is 25.0 Å². The van der Waals surface area contributed by atoms with Crippen LogP contribution in [0.4, 0.5) is 5.95 Å². The quantitative estimate of drug-likeness (QED) is 0.848. The first kappa shape index (κ1) is 13.2. The number of anilines is 1. The summed E-state index contributed by atoms with van der Waals surface area (Å²) in [5.74, 6) is 0.566. The van der Waals surface area contributed by atoms with Crippen LogP contribution in [0, 0.1) is 0 Å². The zero-order chi connectivity index (χ0) is 13.6. The van der Waals surface area contributed by atoms with Crippen LogP contribution in [0.5, 0.6) is 0 Å². The summed E-state index contributed by atoms with van der Waals surface area (Å²) in [6.45, 7) is 1.41. The van der Waals surface area contributed by atoms with Gasteiger partial charge in [-0.25, -0.2) is 4.98 Å². The maximum Gasteiger partial charge on any atom is 0.243 e. The first-order valence-electron chi connectivity index (χ1n) is 7.37. The molecule has 5 heteroatoms. The zero-order valence-electron chi connectivity index (χ0n) is 11.6. The molecule has 5 nitrogen and oxygen atoms in total. The number of ether oxygens (including phenoxy) is 1. The number of aromatic nitrogens is 3. The number of rotatable bonds is 5. The minimum Gasteiger partial charge on any atom is -0.376 e. The molecule has 0 unspecified atom stereocenters. The molecule has 1 aromatic carbocycles. The number of hydrogen-bond donors (Lipinski definition) is 1. The van der Waals surface area contributed by atoms with Crippen LogP contribution < -0.4 is 5.32 Å². The van der Waals surface area contributed by atoms with Gasteiger partial charge in [-0.3, -0.25) is 0 Å². The topological polar surface area (TPSA) is 59.9 Å². The lowest BCUT2D eigenvalue weighted by Gasteiger charge is -2.21. The highest BCUT2D eigenvalue weighted by atomic mass is 16.5. The van der Waals surface area contributed by atoms with Gasteiger partial charge in [-0.15, -0.1) is 10.2 Å². The molecule has 0 aliphatic heterocycles. The van der Waals surface area contributed by atoms with Gasteiger partial charge in [0.15, 0.2) is 0 Å². The molecule has 0 spiro atoms. The summed E-state index contributed by atoms with van der Waals surface area (Å²) >= 11 is 0. The van der Waals surface area contributed by atoms with E-state index in [-0.39, 0.29) is 0 Å². The van der Waals surface area contributed by atoms with Crippen LogP contribution in [-0.2, 0) is 4.74 Å². The van der Waals surface area contributed by atoms with E-state index >= 15 is 0 Å². The molecule has 20 heavy (non-hydrogen) atoms. The van der Waals surface area contributed by atoms with Crippen molar-refractivity contribution in [1.82, 2.24) is 15.2 Å². The molecule has 0 bridgehead atoms. The largest absolute Gasteiger partial charge is 0.376 e. The fourth-order valence-electron chi connectivity index (χ4n) is 2.58. The average Bonchev–Trinajstić information content (AvgIpc) is 2.52. The third-order valence-corrected chi connectivity index (χ3v) is 3.65. The van der Waals surface area contributed by atoms with E-state index in [2.05, 4.69) is 20.5 Å². The van der Waals surface area contributed by atoms with E-state index in [1.54, 1.807) is 0 Å². The van der Waals surface area contributed by atoms with Gasteiger partial charge < -0.3 is 10.1 Å². The SMILES string of the molecule is c1ccc2nc(NCCOC3CCCCC3)nnc2c1. The molecule has 1 aromatic heterocycles. The van der Waals surface area contributed by atoms with Crippen LogP contribution in [0.25, 0.3) is 11.0 Å². The summed E-state index contributed by atoms with van der Waals surface area (Å²) in [5, 5.41) is 11.4. The molecule has 1 saturated carbocycles. The van der Waals surface area contributed by atoms with Crippen molar-refractivity contribution in [2.24, 2.45) is 0 Å². The van der Waals surface area contributed by atoms with Crippen molar-refractivity contribution in [2.45, 2.75) is 38.2 Å². The van der Waals surface area contributed by atoms with E-state index < -0.39 is 0 Å². The van der Waals surface area contributed by atoms with Gasteiger partial charge in [0.05, 0.1) is 18.2 Å². The molecule has 106 valence electrons. The summed E-state index contributed by atoms with van der Waals surface area (Å²) in [4.78, 5) is 4.42. The number of benzene rings is 1. The number of nitrogens with zero attached hydrogens (tertiary/aromatic N) is 3. The van der Waals surface area contributed by atoms with Crippen LogP contribution >= 0.6 is 0 Å². The van der Waals surface area contributed by atoms with E-state index in [0.29, 0.717) is 18.7 Å². The van der Waals surface area contributed by atoms with Crippen molar-refractivity contribution in [1.29, 1.82) is 0 Å². The van der Waals surface area contributed by atoms with E-state index in [9.17, 15) is 0 Å². The minimum atomic E-state index is 0.446. The minimum absolute atomic E-state index is 0.446. The van der Waals surface area contributed by atoms with Crippen LogP contribution in [-0.4, -0.2) is 34.4 Å². The Balaban J connectivity index is 1.47. The van der Waals surface area contributed by atoms with Gasteiger partial charge in [-0.1, -0.05) is 31.4 Å². The second kappa shape index (κ2) is 6.61. The molecule has 2 aromatic rings. The number of fused-ring (bicyclic) bond motifs is 1. The van der Waals surface area contributed by atoms with Crippen molar-refractivity contribution in [3.63, 3.8) is 0 Å². The molecular formula is C15H20N4O. The van der Waals surface area contributed by atoms with Crippen LogP contribution in [0.15, 0.2) is 24.3 Å². The first-order chi connectivity index (χ1) is 9.92. The van der Waals surface area contributed by atoms with Gasteiger partial charge in [0.2, 0.25) is 5.95 Å². The molecule has 0 atom stereocenters. The van der Waals surface area contributed by atoms with Crippen molar-refractivity contribution in [2.75, 3.05) is 18.5 Å². The zero-order valence-corrected chi connectivity index (χ0v) is 11.6. The molecule has 1 aliphatic rings. The fourth-order valence-corrected chi connectivity index (χ4v) is 2.58. The fraction of sp³-hybridized carbons (Fsp3) is 0.533. The Labute approximate surface area is 118 Å². The van der Waals surface area contributed by atoms with Gasteiger partial charge in [-0.2, -0.15) is 0 Å². The molecule has 1 N–H and O–H groups in total.